The largest absolute Gasteiger partial charge is 0.416 e. The van der Waals surface area contributed by atoms with E-state index < -0.39 is 17.6 Å². The van der Waals surface area contributed by atoms with Crippen LogP contribution in [0.15, 0.2) is 36.4 Å². The Morgan fingerprint density at radius 2 is 1.71 bits per heavy atom. The summed E-state index contributed by atoms with van der Waals surface area (Å²) in [6, 6.07) is 8.59. The minimum Gasteiger partial charge on any atom is -0.334 e. The average molecular weight is 490 g/mol. The highest BCUT2D eigenvalue weighted by atomic mass is 19.4. The molecule has 2 aliphatic rings. The van der Waals surface area contributed by atoms with Crippen LogP contribution in [0.4, 0.5) is 17.6 Å². The lowest BCUT2D eigenvalue weighted by Crippen LogP contribution is -2.48. The first-order valence-corrected chi connectivity index (χ1v) is 11.9. The number of alkyl halides is 3. The van der Waals surface area contributed by atoms with Crippen molar-refractivity contribution in [2.75, 3.05) is 39.3 Å². The normalized spacial score (nSPS) is 18.3. The molecule has 35 heavy (non-hydrogen) atoms. The first kappa shape index (κ1) is 23.7. The van der Waals surface area contributed by atoms with Gasteiger partial charge in [0.05, 0.1) is 11.1 Å². The molecule has 0 aliphatic carbocycles. The highest BCUT2D eigenvalue weighted by Gasteiger charge is 2.30. The number of fused-ring (bicyclic) bond motifs is 1. The number of halogens is 4. The minimum atomic E-state index is -4.35. The molecule has 2 N–H and O–H groups in total. The van der Waals surface area contributed by atoms with E-state index in [9.17, 15) is 22.4 Å². The summed E-state index contributed by atoms with van der Waals surface area (Å²) in [5.74, 6) is -0.293. The van der Waals surface area contributed by atoms with Gasteiger partial charge in [0.1, 0.15) is 5.52 Å². The lowest BCUT2D eigenvalue weighted by Gasteiger charge is -2.34. The number of amides is 1. The molecule has 2 aromatic carbocycles. The van der Waals surface area contributed by atoms with E-state index in [4.69, 9.17) is 0 Å². The minimum absolute atomic E-state index is 0.123. The van der Waals surface area contributed by atoms with Crippen molar-refractivity contribution in [1.82, 2.24) is 25.1 Å². The Labute approximate surface area is 200 Å². The van der Waals surface area contributed by atoms with Gasteiger partial charge >= 0.3 is 6.18 Å². The summed E-state index contributed by atoms with van der Waals surface area (Å²) in [6.07, 6.45) is -2.46. The van der Waals surface area contributed by atoms with E-state index in [1.54, 1.807) is 4.90 Å². The molecular formula is C25H27F4N5O. The zero-order valence-electron chi connectivity index (χ0n) is 19.2. The summed E-state index contributed by atoms with van der Waals surface area (Å²) in [5.41, 5.74) is 1.75. The van der Waals surface area contributed by atoms with Crippen LogP contribution in [0.1, 0.15) is 46.1 Å². The molecular weight excluding hydrogens is 462 g/mol. The molecule has 10 heteroatoms. The van der Waals surface area contributed by atoms with Crippen molar-refractivity contribution in [3.8, 4) is 0 Å². The van der Waals surface area contributed by atoms with Gasteiger partial charge in [-0.25, -0.2) is 9.37 Å². The van der Waals surface area contributed by atoms with Crippen LogP contribution in [0.25, 0.3) is 11.0 Å². The zero-order valence-corrected chi connectivity index (χ0v) is 19.2. The van der Waals surface area contributed by atoms with E-state index in [2.05, 4.69) is 20.2 Å². The maximum atomic E-state index is 14.8. The highest BCUT2D eigenvalue weighted by molar-refractivity contribution is 5.94. The van der Waals surface area contributed by atoms with Gasteiger partial charge in [-0.05, 0) is 67.2 Å². The third kappa shape index (κ3) is 5.18. The van der Waals surface area contributed by atoms with Crippen molar-refractivity contribution < 1.29 is 22.4 Å². The summed E-state index contributed by atoms with van der Waals surface area (Å²) >= 11 is 0. The molecule has 2 aliphatic heterocycles. The molecule has 1 amide bonds. The maximum absolute atomic E-state index is 14.8. The summed E-state index contributed by atoms with van der Waals surface area (Å²) < 4.78 is 53.0. The average Bonchev–Trinajstić information content (AvgIpc) is 3.29. The molecule has 0 bridgehead atoms. The Kier molecular flexibility index (Phi) is 6.50. The van der Waals surface area contributed by atoms with Gasteiger partial charge in [-0.15, -0.1) is 0 Å². The highest BCUT2D eigenvalue weighted by Crippen LogP contribution is 2.30. The molecule has 0 atom stereocenters. The fraction of sp³-hybridized carbons (Fsp3) is 0.440. The third-order valence-electron chi connectivity index (χ3n) is 6.92. The number of nitrogens with one attached hydrogen (secondary N) is 2. The lowest BCUT2D eigenvalue weighted by molar-refractivity contribution is -0.137. The van der Waals surface area contributed by atoms with E-state index in [1.807, 2.05) is 6.07 Å². The monoisotopic (exact) mass is 489 g/mol. The van der Waals surface area contributed by atoms with E-state index in [0.717, 1.165) is 49.2 Å². The van der Waals surface area contributed by atoms with Gasteiger partial charge in [-0.2, -0.15) is 13.2 Å². The van der Waals surface area contributed by atoms with Crippen molar-refractivity contribution in [2.45, 2.75) is 31.5 Å². The predicted molar refractivity (Wildman–Crippen MR) is 124 cm³/mol. The van der Waals surface area contributed by atoms with Crippen LogP contribution in [0.3, 0.4) is 0 Å². The number of H-pyrrole nitrogens is 1. The molecule has 3 heterocycles. The Balaban J connectivity index is 1.22. The molecule has 6 nitrogen and oxygen atoms in total. The number of nitrogens with zero attached hydrogens (tertiary/aromatic N) is 3. The molecule has 0 saturated carbocycles. The van der Waals surface area contributed by atoms with Crippen molar-refractivity contribution in [3.63, 3.8) is 0 Å². The smallest absolute Gasteiger partial charge is 0.334 e. The second-order valence-corrected chi connectivity index (χ2v) is 9.27. The second-order valence-electron chi connectivity index (χ2n) is 9.27. The van der Waals surface area contributed by atoms with Crippen LogP contribution in [0.5, 0.6) is 0 Å². The molecule has 0 spiro atoms. The number of carbonyl (C=O) groups is 1. The van der Waals surface area contributed by atoms with Gasteiger partial charge in [0.15, 0.2) is 11.6 Å². The fourth-order valence-corrected chi connectivity index (χ4v) is 4.90. The number of piperazine rings is 1. The van der Waals surface area contributed by atoms with Crippen LogP contribution in [0.2, 0.25) is 0 Å². The van der Waals surface area contributed by atoms with Crippen molar-refractivity contribution in [2.24, 2.45) is 0 Å². The number of imidazole rings is 1. The van der Waals surface area contributed by atoms with E-state index in [-0.39, 0.29) is 23.2 Å². The molecule has 2 fully saturated rings. The van der Waals surface area contributed by atoms with Crippen LogP contribution in [0, 0.1) is 5.82 Å². The van der Waals surface area contributed by atoms with E-state index >= 15 is 0 Å². The number of aromatic nitrogens is 2. The third-order valence-corrected chi connectivity index (χ3v) is 6.92. The summed E-state index contributed by atoms with van der Waals surface area (Å²) in [6.45, 7) is 4.40. The molecule has 3 aromatic rings. The van der Waals surface area contributed by atoms with Gasteiger partial charge < -0.3 is 15.2 Å². The van der Waals surface area contributed by atoms with Crippen LogP contribution in [-0.4, -0.2) is 64.9 Å². The van der Waals surface area contributed by atoms with Crippen LogP contribution >= 0.6 is 0 Å². The van der Waals surface area contributed by atoms with Gasteiger partial charge in [0.25, 0.3) is 5.91 Å². The predicted octanol–water partition coefficient (Wildman–Crippen LogP) is 4.15. The van der Waals surface area contributed by atoms with Crippen molar-refractivity contribution in [1.29, 1.82) is 0 Å². The first-order valence-electron chi connectivity index (χ1n) is 11.9. The summed E-state index contributed by atoms with van der Waals surface area (Å²) in [7, 11) is 0. The van der Waals surface area contributed by atoms with E-state index in [0.29, 0.717) is 38.2 Å². The first-order chi connectivity index (χ1) is 16.8. The quantitative estimate of drug-likeness (QED) is 0.541. The summed E-state index contributed by atoms with van der Waals surface area (Å²) in [5, 5.41) is 3.31. The summed E-state index contributed by atoms with van der Waals surface area (Å²) in [4.78, 5) is 24.1. The Morgan fingerprint density at radius 3 is 2.37 bits per heavy atom. The topological polar surface area (TPSA) is 64.3 Å². The maximum Gasteiger partial charge on any atom is 0.416 e. The number of aromatic amines is 1. The molecule has 1 aromatic heterocycles. The number of piperidine rings is 1. The number of hydrogen-bond donors (Lipinski definition) is 2. The SMILES string of the molecule is O=C(c1nc2c(F)cc(C3CCNCC3)cc2[nH]1)N1CCN(Cc2ccc(C(F)(F)F)cc2)CC1. The fourth-order valence-electron chi connectivity index (χ4n) is 4.90. The molecule has 0 radical (unpaired) electrons. The van der Waals surface area contributed by atoms with Crippen molar-refractivity contribution in [3.05, 3.63) is 64.7 Å². The Bertz CT molecular complexity index is 1190. The Hall–Kier alpha value is -2.98. The Morgan fingerprint density at radius 1 is 1.03 bits per heavy atom. The second kappa shape index (κ2) is 9.58. The number of carbonyl (C=O) groups excluding carboxylic acids is 1. The standard InChI is InChI=1S/C25H27F4N5O/c26-20-13-18(17-5-7-30-8-6-17)14-21-22(20)32-23(31-21)24(35)34-11-9-33(10-12-34)15-16-1-3-19(4-2-16)25(27,28)29/h1-4,13-14,17,30H,5-12,15H2,(H,31,32). The number of benzene rings is 2. The van der Waals surface area contributed by atoms with Gasteiger partial charge in [0, 0.05) is 32.7 Å². The number of hydrogen-bond acceptors (Lipinski definition) is 4. The molecule has 186 valence electrons. The van der Waals surface area contributed by atoms with Gasteiger partial charge in [0.2, 0.25) is 0 Å². The number of rotatable bonds is 4. The van der Waals surface area contributed by atoms with Gasteiger partial charge in [-0.1, -0.05) is 12.1 Å². The molecule has 5 rings (SSSR count). The van der Waals surface area contributed by atoms with Gasteiger partial charge in [-0.3, -0.25) is 9.69 Å². The molecule has 0 unspecified atom stereocenters. The van der Waals surface area contributed by atoms with E-state index in [1.165, 1.54) is 18.2 Å². The zero-order chi connectivity index (χ0) is 24.6. The molecule has 2 saturated heterocycles. The lowest BCUT2D eigenvalue weighted by atomic mass is 9.90. The van der Waals surface area contributed by atoms with Crippen LogP contribution in [-0.2, 0) is 12.7 Å². The van der Waals surface area contributed by atoms with Crippen LogP contribution < -0.4 is 5.32 Å². The van der Waals surface area contributed by atoms with Crippen molar-refractivity contribution >= 4 is 16.9 Å².